The molecule has 0 aromatic heterocycles. The van der Waals surface area contributed by atoms with Crippen LogP contribution in [0.15, 0.2) is 47.4 Å². The van der Waals surface area contributed by atoms with Gasteiger partial charge in [-0.15, -0.1) is 0 Å². The number of carbonyl (C=O) groups is 1. The van der Waals surface area contributed by atoms with Crippen LogP contribution in [-0.2, 0) is 21.4 Å². The summed E-state index contributed by atoms with van der Waals surface area (Å²) < 4.78 is 59.0. The lowest BCUT2D eigenvalue weighted by Crippen LogP contribution is -2.51. The number of benzene rings is 2. The van der Waals surface area contributed by atoms with Gasteiger partial charge in [0, 0.05) is 39.8 Å². The maximum atomic E-state index is 13.9. The number of halogens is 2. The van der Waals surface area contributed by atoms with Crippen LogP contribution in [0.3, 0.4) is 0 Å². The highest BCUT2D eigenvalue weighted by Gasteiger charge is 2.31. The first-order chi connectivity index (χ1) is 14.7. The fraction of sp³-hybridized carbons (Fsp3) is 0.381. The minimum absolute atomic E-state index is 0.0885. The summed E-state index contributed by atoms with van der Waals surface area (Å²) in [5, 5.41) is 0. The molecule has 7 nitrogen and oxygen atoms in total. The topological polar surface area (TPSA) is 70.2 Å². The van der Waals surface area contributed by atoms with Gasteiger partial charge in [-0.3, -0.25) is 9.69 Å². The van der Waals surface area contributed by atoms with Gasteiger partial charge < -0.3 is 9.64 Å². The van der Waals surface area contributed by atoms with E-state index in [-0.39, 0.29) is 25.5 Å². The van der Waals surface area contributed by atoms with Gasteiger partial charge in [-0.05, 0) is 35.9 Å². The molecule has 0 N–H and O–H groups in total. The van der Waals surface area contributed by atoms with Crippen LogP contribution in [0.25, 0.3) is 0 Å². The molecule has 0 aliphatic carbocycles. The molecule has 0 spiro atoms. The zero-order chi connectivity index (χ0) is 22.6. The third kappa shape index (κ3) is 5.57. The van der Waals surface area contributed by atoms with Crippen LogP contribution in [0.1, 0.15) is 5.56 Å². The van der Waals surface area contributed by atoms with Crippen LogP contribution < -0.4 is 4.74 Å². The summed E-state index contributed by atoms with van der Waals surface area (Å²) in [6, 6.07) is 9.81. The number of hydrogen-bond acceptors (Lipinski definition) is 5. The number of carbonyl (C=O) groups excluding carboxylic acids is 1. The van der Waals surface area contributed by atoms with Crippen molar-refractivity contribution < 1.29 is 26.7 Å². The summed E-state index contributed by atoms with van der Waals surface area (Å²) in [6.45, 7) is 1.37. The summed E-state index contributed by atoms with van der Waals surface area (Å²) in [4.78, 5) is 15.4. The van der Waals surface area contributed by atoms with Crippen molar-refractivity contribution in [2.24, 2.45) is 0 Å². The summed E-state index contributed by atoms with van der Waals surface area (Å²) in [5.74, 6) is -1.19. The van der Waals surface area contributed by atoms with E-state index in [4.69, 9.17) is 4.74 Å². The molecule has 0 bridgehead atoms. The van der Waals surface area contributed by atoms with Crippen LogP contribution in [0, 0.1) is 11.6 Å². The van der Waals surface area contributed by atoms with E-state index >= 15 is 0 Å². The largest absolute Gasteiger partial charge is 0.497 e. The number of methoxy groups -OCH3 is 1. The molecular weight excluding hydrogens is 428 g/mol. The summed E-state index contributed by atoms with van der Waals surface area (Å²) >= 11 is 0. The van der Waals surface area contributed by atoms with Crippen molar-refractivity contribution in [3.8, 4) is 5.75 Å². The van der Waals surface area contributed by atoms with Gasteiger partial charge in [-0.2, -0.15) is 4.31 Å². The SMILES string of the molecule is COc1cccc(CN(C)C(=O)CN2CCN(S(=O)(=O)c3cc(F)ccc3F)CC2)c1. The Balaban J connectivity index is 1.55. The third-order valence-electron chi connectivity index (χ3n) is 5.18. The van der Waals surface area contributed by atoms with E-state index in [1.165, 1.54) is 0 Å². The van der Waals surface area contributed by atoms with Crippen LogP contribution in [0.2, 0.25) is 0 Å². The molecule has 1 saturated heterocycles. The normalized spacial score (nSPS) is 15.6. The number of amides is 1. The minimum Gasteiger partial charge on any atom is -0.497 e. The Morgan fingerprint density at radius 2 is 1.81 bits per heavy atom. The number of piperazine rings is 1. The first kappa shape index (κ1) is 23.1. The molecule has 10 heteroatoms. The first-order valence-corrected chi connectivity index (χ1v) is 11.2. The van der Waals surface area contributed by atoms with Gasteiger partial charge in [0.1, 0.15) is 22.3 Å². The summed E-state index contributed by atoms with van der Waals surface area (Å²) in [6.07, 6.45) is 0. The molecule has 1 aliphatic heterocycles. The third-order valence-corrected chi connectivity index (χ3v) is 7.09. The predicted octanol–water partition coefficient (Wildman–Crippen LogP) is 1.94. The zero-order valence-corrected chi connectivity index (χ0v) is 18.2. The highest BCUT2D eigenvalue weighted by molar-refractivity contribution is 7.89. The number of hydrogen-bond donors (Lipinski definition) is 0. The smallest absolute Gasteiger partial charge is 0.246 e. The highest BCUT2D eigenvalue weighted by atomic mass is 32.2. The van der Waals surface area contributed by atoms with Crippen molar-refractivity contribution in [2.75, 3.05) is 46.9 Å². The van der Waals surface area contributed by atoms with Crippen LogP contribution >= 0.6 is 0 Å². The summed E-state index contributed by atoms with van der Waals surface area (Å²) in [7, 11) is -0.863. The summed E-state index contributed by atoms with van der Waals surface area (Å²) in [5.41, 5.74) is 0.934. The second kappa shape index (κ2) is 9.71. The molecular formula is C21H25F2N3O4S. The molecule has 1 heterocycles. The van der Waals surface area contributed by atoms with Gasteiger partial charge in [-0.25, -0.2) is 17.2 Å². The van der Waals surface area contributed by atoms with Crippen molar-refractivity contribution in [1.82, 2.24) is 14.1 Å². The Morgan fingerprint density at radius 3 is 2.48 bits per heavy atom. The number of sulfonamides is 1. The van der Waals surface area contributed by atoms with Gasteiger partial charge in [0.2, 0.25) is 15.9 Å². The number of ether oxygens (including phenoxy) is 1. The van der Waals surface area contributed by atoms with Crippen LogP contribution in [0.5, 0.6) is 5.75 Å². The highest BCUT2D eigenvalue weighted by Crippen LogP contribution is 2.22. The Morgan fingerprint density at radius 1 is 1.10 bits per heavy atom. The van der Waals surface area contributed by atoms with Crippen LogP contribution in [-0.4, -0.2) is 75.3 Å². The average molecular weight is 454 g/mol. The lowest BCUT2D eigenvalue weighted by Gasteiger charge is -2.34. The standard InChI is InChI=1S/C21H25F2N3O4S/c1-24(14-16-4-3-5-18(12-16)30-2)21(27)15-25-8-10-26(11-9-25)31(28,29)20-13-17(22)6-7-19(20)23/h3-7,12-13H,8-11,14-15H2,1-2H3. The van der Waals surface area contributed by atoms with Crippen molar-refractivity contribution in [3.05, 3.63) is 59.7 Å². The predicted molar refractivity (Wildman–Crippen MR) is 111 cm³/mol. The van der Waals surface area contributed by atoms with E-state index < -0.39 is 26.6 Å². The fourth-order valence-electron chi connectivity index (χ4n) is 3.39. The lowest BCUT2D eigenvalue weighted by molar-refractivity contribution is -0.131. The maximum absolute atomic E-state index is 13.9. The quantitative estimate of drug-likeness (QED) is 0.641. The van der Waals surface area contributed by atoms with E-state index in [0.29, 0.717) is 31.5 Å². The van der Waals surface area contributed by atoms with E-state index in [1.54, 1.807) is 19.1 Å². The molecule has 0 saturated carbocycles. The average Bonchev–Trinajstić information content (AvgIpc) is 2.75. The number of nitrogens with zero attached hydrogens (tertiary/aromatic N) is 3. The van der Waals surface area contributed by atoms with Crippen molar-refractivity contribution in [3.63, 3.8) is 0 Å². The van der Waals surface area contributed by atoms with E-state index in [0.717, 1.165) is 22.0 Å². The Bertz CT molecular complexity index is 1040. The van der Waals surface area contributed by atoms with E-state index in [2.05, 4.69) is 0 Å². The Kier molecular flexibility index (Phi) is 7.24. The van der Waals surface area contributed by atoms with Gasteiger partial charge in [0.05, 0.1) is 13.7 Å². The van der Waals surface area contributed by atoms with Gasteiger partial charge in [-0.1, -0.05) is 12.1 Å². The Hall–Kier alpha value is -2.56. The molecule has 1 aliphatic rings. The number of likely N-dealkylation sites (N-methyl/N-ethyl adjacent to an activating group) is 1. The molecule has 1 fully saturated rings. The molecule has 168 valence electrons. The van der Waals surface area contributed by atoms with Gasteiger partial charge in [0.15, 0.2) is 0 Å². The first-order valence-electron chi connectivity index (χ1n) is 9.75. The maximum Gasteiger partial charge on any atom is 0.246 e. The molecule has 0 unspecified atom stereocenters. The molecule has 31 heavy (non-hydrogen) atoms. The molecule has 0 radical (unpaired) electrons. The zero-order valence-electron chi connectivity index (χ0n) is 17.4. The van der Waals surface area contributed by atoms with Crippen molar-refractivity contribution in [1.29, 1.82) is 0 Å². The monoisotopic (exact) mass is 453 g/mol. The molecule has 3 rings (SSSR count). The second-order valence-electron chi connectivity index (χ2n) is 7.36. The van der Waals surface area contributed by atoms with Gasteiger partial charge in [0.25, 0.3) is 0 Å². The second-order valence-corrected chi connectivity index (χ2v) is 9.26. The lowest BCUT2D eigenvalue weighted by atomic mass is 10.2. The molecule has 0 atom stereocenters. The van der Waals surface area contributed by atoms with Gasteiger partial charge >= 0.3 is 0 Å². The number of rotatable bonds is 7. The van der Waals surface area contributed by atoms with E-state index in [1.807, 2.05) is 29.2 Å². The van der Waals surface area contributed by atoms with Crippen molar-refractivity contribution in [2.45, 2.75) is 11.4 Å². The Labute approximate surface area is 180 Å². The van der Waals surface area contributed by atoms with Crippen molar-refractivity contribution >= 4 is 15.9 Å². The van der Waals surface area contributed by atoms with Crippen LogP contribution in [0.4, 0.5) is 8.78 Å². The molecule has 1 amide bonds. The minimum atomic E-state index is -4.15. The fourth-order valence-corrected chi connectivity index (χ4v) is 4.88. The van der Waals surface area contributed by atoms with E-state index in [9.17, 15) is 22.0 Å². The molecule has 2 aromatic rings. The molecule has 2 aromatic carbocycles.